The van der Waals surface area contributed by atoms with E-state index in [9.17, 15) is 4.79 Å². The zero-order chi connectivity index (χ0) is 17.9. The van der Waals surface area contributed by atoms with Crippen LogP contribution in [0.2, 0.25) is 5.02 Å². The van der Waals surface area contributed by atoms with Crippen LogP contribution in [0.4, 0.5) is 10.6 Å². The van der Waals surface area contributed by atoms with E-state index >= 15 is 0 Å². The molecule has 2 amide bonds. The lowest BCUT2D eigenvalue weighted by molar-refractivity contribution is 0.232. The zero-order valence-electron chi connectivity index (χ0n) is 13.7. The van der Waals surface area contributed by atoms with Gasteiger partial charge in [-0.15, -0.1) is 5.10 Å². The Morgan fingerprint density at radius 3 is 2.92 bits per heavy atom. The maximum absolute atomic E-state index is 12.4. The van der Waals surface area contributed by atoms with Crippen molar-refractivity contribution in [3.63, 3.8) is 0 Å². The van der Waals surface area contributed by atoms with Crippen molar-refractivity contribution in [2.75, 3.05) is 11.9 Å². The quantitative estimate of drug-likeness (QED) is 0.739. The molecule has 0 saturated heterocycles. The van der Waals surface area contributed by atoms with Gasteiger partial charge in [0.05, 0.1) is 23.4 Å². The number of fused-ring (bicyclic) bond motifs is 1. The number of carbonyl (C=O) groups excluding carboxylic acids is 1. The van der Waals surface area contributed by atoms with Gasteiger partial charge >= 0.3 is 6.03 Å². The molecule has 4 rings (SSSR count). The van der Waals surface area contributed by atoms with Gasteiger partial charge in [0.2, 0.25) is 0 Å². The Morgan fingerprint density at radius 1 is 1.23 bits per heavy atom. The van der Waals surface area contributed by atoms with E-state index in [1.54, 1.807) is 35.4 Å². The Bertz CT molecular complexity index is 928. The van der Waals surface area contributed by atoms with Crippen LogP contribution in [0.5, 0.6) is 5.75 Å². The third kappa shape index (κ3) is 3.34. The Kier molecular flexibility index (Phi) is 4.45. The first-order valence-electron chi connectivity index (χ1n) is 8.15. The number of nitrogens with zero attached hydrogens (tertiary/aromatic N) is 3. The van der Waals surface area contributed by atoms with Crippen molar-refractivity contribution in [3.05, 3.63) is 65.6 Å². The number of urea groups is 1. The number of carbonyl (C=O) groups is 1. The highest BCUT2D eigenvalue weighted by Gasteiger charge is 2.24. The Balaban J connectivity index is 1.44. The van der Waals surface area contributed by atoms with Crippen LogP contribution < -0.4 is 15.4 Å². The van der Waals surface area contributed by atoms with Crippen LogP contribution in [-0.4, -0.2) is 27.4 Å². The second-order valence-electron chi connectivity index (χ2n) is 5.80. The molecule has 0 spiro atoms. The fourth-order valence-electron chi connectivity index (χ4n) is 2.88. The molecule has 1 aromatic carbocycles. The second kappa shape index (κ2) is 7.05. The third-order valence-corrected chi connectivity index (χ3v) is 4.39. The van der Waals surface area contributed by atoms with Gasteiger partial charge in [-0.3, -0.25) is 10.3 Å². The van der Waals surface area contributed by atoms with Crippen molar-refractivity contribution in [2.45, 2.75) is 12.5 Å². The molecule has 0 bridgehead atoms. The predicted octanol–water partition coefficient (Wildman–Crippen LogP) is 3.57. The minimum atomic E-state index is -0.331. The van der Waals surface area contributed by atoms with E-state index in [2.05, 4.69) is 20.7 Å². The summed E-state index contributed by atoms with van der Waals surface area (Å²) in [7, 11) is 0. The van der Waals surface area contributed by atoms with Gasteiger partial charge in [-0.1, -0.05) is 23.7 Å². The summed E-state index contributed by atoms with van der Waals surface area (Å²) >= 11 is 6.16. The fourth-order valence-corrected chi connectivity index (χ4v) is 3.11. The van der Waals surface area contributed by atoms with E-state index in [4.69, 9.17) is 16.3 Å². The summed E-state index contributed by atoms with van der Waals surface area (Å²) in [6.07, 6.45) is 5.82. The Morgan fingerprint density at radius 2 is 2.08 bits per heavy atom. The number of hydrogen-bond donors (Lipinski definition) is 2. The second-order valence-corrected chi connectivity index (χ2v) is 6.20. The minimum Gasteiger partial charge on any atom is -0.492 e. The van der Waals surface area contributed by atoms with Crippen molar-refractivity contribution < 1.29 is 9.53 Å². The van der Waals surface area contributed by atoms with E-state index in [0.717, 1.165) is 11.3 Å². The fraction of sp³-hybridized carbons (Fsp3) is 0.167. The number of ether oxygens (including phenoxy) is 1. The van der Waals surface area contributed by atoms with Gasteiger partial charge in [0.1, 0.15) is 5.75 Å². The average molecular weight is 370 g/mol. The van der Waals surface area contributed by atoms with E-state index in [1.165, 1.54) is 0 Å². The summed E-state index contributed by atoms with van der Waals surface area (Å²) < 4.78 is 7.28. The number of hydrogen-bond acceptors (Lipinski definition) is 4. The molecule has 3 aromatic rings. The molecule has 1 aliphatic heterocycles. The van der Waals surface area contributed by atoms with Crippen LogP contribution in [0.15, 0.2) is 55.0 Å². The molecule has 2 N–H and O–H groups in total. The molecule has 0 unspecified atom stereocenters. The molecule has 7 nitrogen and oxygen atoms in total. The Labute approximate surface area is 155 Å². The maximum Gasteiger partial charge on any atom is 0.320 e. The van der Waals surface area contributed by atoms with Gasteiger partial charge in [-0.25, -0.2) is 9.48 Å². The molecule has 8 heteroatoms. The van der Waals surface area contributed by atoms with Gasteiger partial charge in [-0.05, 0) is 18.2 Å². The van der Waals surface area contributed by atoms with Crippen molar-refractivity contribution >= 4 is 23.4 Å². The number of aromatic nitrogens is 3. The van der Waals surface area contributed by atoms with Gasteiger partial charge in [-0.2, -0.15) is 0 Å². The lowest BCUT2D eigenvalue weighted by atomic mass is 10.0. The lowest BCUT2D eigenvalue weighted by Crippen LogP contribution is -2.35. The van der Waals surface area contributed by atoms with E-state index in [-0.39, 0.29) is 12.1 Å². The van der Waals surface area contributed by atoms with Crippen molar-refractivity contribution in [1.82, 2.24) is 20.1 Å². The molecule has 3 heterocycles. The molecule has 0 radical (unpaired) electrons. The van der Waals surface area contributed by atoms with Crippen LogP contribution >= 0.6 is 11.6 Å². The number of halogens is 1. The van der Waals surface area contributed by atoms with E-state index < -0.39 is 0 Å². The van der Waals surface area contributed by atoms with Crippen LogP contribution in [0, 0.1) is 0 Å². The summed E-state index contributed by atoms with van der Waals surface area (Å²) in [5.41, 5.74) is 1.74. The van der Waals surface area contributed by atoms with Gasteiger partial charge in [0, 0.05) is 36.6 Å². The predicted molar refractivity (Wildman–Crippen MR) is 97.8 cm³/mol. The molecule has 0 saturated carbocycles. The van der Waals surface area contributed by atoms with Gasteiger partial charge in [0.15, 0.2) is 5.82 Å². The maximum atomic E-state index is 12.4. The number of rotatable bonds is 3. The van der Waals surface area contributed by atoms with E-state index in [0.29, 0.717) is 29.6 Å². The highest BCUT2D eigenvalue weighted by Crippen LogP contribution is 2.37. The molecule has 0 aliphatic carbocycles. The molecule has 26 heavy (non-hydrogen) atoms. The summed E-state index contributed by atoms with van der Waals surface area (Å²) in [4.78, 5) is 16.3. The lowest BCUT2D eigenvalue weighted by Gasteiger charge is -2.27. The van der Waals surface area contributed by atoms with E-state index in [1.807, 2.05) is 24.3 Å². The van der Waals surface area contributed by atoms with Crippen LogP contribution in [0.25, 0.3) is 5.69 Å². The van der Waals surface area contributed by atoms with Gasteiger partial charge < -0.3 is 10.1 Å². The van der Waals surface area contributed by atoms with Crippen molar-refractivity contribution in [1.29, 1.82) is 0 Å². The third-order valence-electron chi connectivity index (χ3n) is 4.09. The smallest absolute Gasteiger partial charge is 0.320 e. The molecule has 132 valence electrons. The zero-order valence-corrected chi connectivity index (χ0v) is 14.5. The monoisotopic (exact) mass is 369 g/mol. The SMILES string of the molecule is O=C(Nc1ccn(-c2ccncc2)n1)N[C@H]1CCOc2c(Cl)cccc21. The standard InChI is InChI=1S/C18H16ClN5O2/c19-14-3-1-2-13-15(7-11-26-17(13)14)21-18(25)22-16-6-10-24(23-16)12-4-8-20-9-5-12/h1-6,8-10,15H,7,11H2,(H2,21,22,23,25)/t15-/m0/s1. The van der Waals surface area contributed by atoms with Crippen molar-refractivity contribution in [3.8, 4) is 11.4 Å². The molecular formula is C18H16ClN5O2. The minimum absolute atomic E-state index is 0.167. The summed E-state index contributed by atoms with van der Waals surface area (Å²) in [5, 5.41) is 10.6. The van der Waals surface area contributed by atoms with Crippen LogP contribution in [0.3, 0.4) is 0 Å². The number of pyridine rings is 1. The topological polar surface area (TPSA) is 81.1 Å². The van der Waals surface area contributed by atoms with Crippen molar-refractivity contribution in [2.24, 2.45) is 0 Å². The number of amides is 2. The summed E-state index contributed by atoms with van der Waals surface area (Å²) in [6.45, 7) is 0.498. The first kappa shape index (κ1) is 16.4. The number of benzene rings is 1. The number of para-hydroxylation sites is 1. The summed E-state index contributed by atoms with van der Waals surface area (Å²) in [6, 6.07) is 10.4. The molecule has 1 atom stereocenters. The number of nitrogens with one attached hydrogen (secondary N) is 2. The number of anilines is 1. The molecule has 2 aromatic heterocycles. The van der Waals surface area contributed by atoms with Crippen LogP contribution in [0.1, 0.15) is 18.0 Å². The first-order chi connectivity index (χ1) is 12.7. The van der Waals surface area contributed by atoms with Gasteiger partial charge in [0.25, 0.3) is 0 Å². The average Bonchev–Trinajstić information content (AvgIpc) is 3.12. The molecule has 1 aliphatic rings. The Hall–Kier alpha value is -3.06. The normalized spacial score (nSPS) is 15.7. The van der Waals surface area contributed by atoms with Crippen LogP contribution in [-0.2, 0) is 0 Å². The highest BCUT2D eigenvalue weighted by atomic mass is 35.5. The summed E-state index contributed by atoms with van der Waals surface area (Å²) in [5.74, 6) is 1.09. The first-order valence-corrected chi connectivity index (χ1v) is 8.53. The largest absolute Gasteiger partial charge is 0.492 e. The highest BCUT2D eigenvalue weighted by molar-refractivity contribution is 6.32. The molecular weight excluding hydrogens is 354 g/mol. The molecule has 0 fully saturated rings.